The van der Waals surface area contributed by atoms with Gasteiger partial charge in [0.1, 0.15) is 0 Å². The van der Waals surface area contributed by atoms with Gasteiger partial charge in [-0.25, -0.2) is 8.42 Å². The Morgan fingerprint density at radius 3 is 2.68 bits per heavy atom. The number of fused-ring (bicyclic) bond motifs is 1. The number of rotatable bonds is 4. The lowest BCUT2D eigenvalue weighted by Gasteiger charge is -2.28. The number of sulfone groups is 1. The summed E-state index contributed by atoms with van der Waals surface area (Å²) in [5.41, 5.74) is 1.72. The van der Waals surface area contributed by atoms with Crippen LogP contribution in [0.5, 0.6) is 0 Å². The fourth-order valence-electron chi connectivity index (χ4n) is 3.99. The summed E-state index contributed by atoms with van der Waals surface area (Å²) in [5.74, 6) is -0.845. The van der Waals surface area contributed by atoms with Crippen molar-refractivity contribution < 1.29 is 26.4 Å². The molecular weight excluding hydrogens is 511 g/mol. The highest BCUT2D eigenvalue weighted by Gasteiger charge is 2.48. The van der Waals surface area contributed by atoms with Gasteiger partial charge in [-0.2, -0.15) is 13.2 Å². The zero-order valence-corrected chi connectivity index (χ0v) is 20.6. The number of hydrogen-bond acceptors (Lipinski definition) is 6. The van der Waals surface area contributed by atoms with E-state index < -0.39 is 33.7 Å². The van der Waals surface area contributed by atoms with E-state index in [1.54, 1.807) is 6.07 Å². The summed E-state index contributed by atoms with van der Waals surface area (Å²) in [7, 11) is -3.40. The third-order valence-corrected chi connectivity index (χ3v) is 8.84. The zero-order valence-electron chi connectivity index (χ0n) is 18.2. The molecule has 2 atom stereocenters. The van der Waals surface area contributed by atoms with Gasteiger partial charge < -0.3 is 10.2 Å². The van der Waals surface area contributed by atoms with Crippen LogP contribution in [0.15, 0.2) is 41.4 Å². The SMILES string of the molecule is Cc1cccc(NC(=O)CSC2=NC3CS(=O)(=O)CC3N2c2cc(C(F)(F)F)ccc2Cl)c1C. The molecule has 2 aromatic carbocycles. The van der Waals surface area contributed by atoms with Crippen LogP contribution in [0, 0.1) is 13.8 Å². The molecule has 2 heterocycles. The van der Waals surface area contributed by atoms with Gasteiger partial charge >= 0.3 is 6.18 Å². The van der Waals surface area contributed by atoms with Crippen molar-refractivity contribution in [2.45, 2.75) is 32.1 Å². The van der Waals surface area contributed by atoms with Crippen molar-refractivity contribution in [3.63, 3.8) is 0 Å². The summed E-state index contributed by atoms with van der Waals surface area (Å²) >= 11 is 7.29. The van der Waals surface area contributed by atoms with E-state index in [-0.39, 0.29) is 39.0 Å². The van der Waals surface area contributed by atoms with Gasteiger partial charge in [0, 0.05) is 5.69 Å². The average molecular weight is 532 g/mol. The number of thioether (sulfide) groups is 1. The van der Waals surface area contributed by atoms with Gasteiger partial charge in [-0.15, -0.1) is 0 Å². The molecule has 34 heavy (non-hydrogen) atoms. The highest BCUT2D eigenvalue weighted by atomic mass is 35.5. The third kappa shape index (κ3) is 5.06. The fourth-order valence-corrected chi connectivity index (χ4v) is 6.96. The molecule has 0 spiro atoms. The van der Waals surface area contributed by atoms with Crippen LogP contribution in [0.1, 0.15) is 16.7 Å². The molecule has 2 aromatic rings. The van der Waals surface area contributed by atoms with Gasteiger partial charge in [-0.3, -0.25) is 9.79 Å². The molecule has 2 unspecified atom stereocenters. The normalized spacial score (nSPS) is 21.4. The monoisotopic (exact) mass is 531 g/mol. The summed E-state index contributed by atoms with van der Waals surface area (Å²) in [5, 5.41) is 3.13. The van der Waals surface area contributed by atoms with Crippen molar-refractivity contribution in [2.75, 3.05) is 27.5 Å². The van der Waals surface area contributed by atoms with Crippen LogP contribution in [0.25, 0.3) is 0 Å². The highest BCUT2D eigenvalue weighted by molar-refractivity contribution is 8.14. The Morgan fingerprint density at radius 2 is 1.97 bits per heavy atom. The molecule has 6 nitrogen and oxygen atoms in total. The van der Waals surface area contributed by atoms with E-state index in [2.05, 4.69) is 10.3 Å². The molecular formula is C22H21ClF3N3O3S2. The summed E-state index contributed by atoms with van der Waals surface area (Å²) in [4.78, 5) is 18.5. The molecule has 4 rings (SSSR count). The molecule has 0 radical (unpaired) electrons. The maximum absolute atomic E-state index is 13.4. The Balaban J connectivity index is 1.60. The van der Waals surface area contributed by atoms with Crippen LogP contribution in [0.4, 0.5) is 24.5 Å². The van der Waals surface area contributed by atoms with Gasteiger partial charge in [0.2, 0.25) is 5.91 Å². The number of benzene rings is 2. The second-order valence-corrected chi connectivity index (χ2v) is 11.7. The Labute approximate surface area is 204 Å². The average Bonchev–Trinajstić information content (AvgIpc) is 3.20. The number of halogens is 4. The van der Waals surface area contributed by atoms with Gasteiger partial charge in [-0.1, -0.05) is 35.5 Å². The number of amidine groups is 1. The minimum absolute atomic E-state index is 0.0160. The van der Waals surface area contributed by atoms with Gasteiger partial charge in [0.15, 0.2) is 15.0 Å². The number of carbonyl (C=O) groups is 1. The van der Waals surface area contributed by atoms with Crippen molar-refractivity contribution in [1.29, 1.82) is 0 Å². The van der Waals surface area contributed by atoms with E-state index in [0.717, 1.165) is 41.1 Å². The minimum atomic E-state index is -4.60. The molecule has 1 N–H and O–H groups in total. The maximum Gasteiger partial charge on any atom is 0.416 e. The van der Waals surface area contributed by atoms with Crippen LogP contribution in [0.2, 0.25) is 5.02 Å². The fraction of sp³-hybridized carbons (Fsp3) is 0.364. The molecule has 12 heteroatoms. The Hall–Kier alpha value is -2.24. The first-order valence-corrected chi connectivity index (χ1v) is 13.5. The molecule has 0 aromatic heterocycles. The summed E-state index contributed by atoms with van der Waals surface area (Å²) in [6.45, 7) is 3.81. The standard InChI is InChI=1S/C22H21ClF3N3O3S2/c1-12-4-3-5-16(13(12)2)27-20(30)9-33-21-28-17-10-34(31,32)11-19(17)29(21)18-8-14(22(24,25)26)6-7-15(18)23/h3-8,17,19H,9-11H2,1-2H3,(H,27,30). The number of nitrogens with one attached hydrogen (secondary N) is 1. The lowest BCUT2D eigenvalue weighted by molar-refractivity contribution is -0.137. The first kappa shape index (κ1) is 24.9. The predicted octanol–water partition coefficient (Wildman–Crippen LogP) is 4.69. The van der Waals surface area contributed by atoms with E-state index >= 15 is 0 Å². The van der Waals surface area contributed by atoms with Gasteiger partial charge in [-0.05, 0) is 49.2 Å². The number of carbonyl (C=O) groups excluding carboxylic acids is 1. The van der Waals surface area contributed by atoms with Crippen molar-refractivity contribution in [2.24, 2.45) is 4.99 Å². The molecule has 1 saturated heterocycles. The molecule has 0 saturated carbocycles. The van der Waals surface area contributed by atoms with E-state index in [1.807, 2.05) is 26.0 Å². The molecule has 2 aliphatic heterocycles. The molecule has 182 valence electrons. The van der Waals surface area contributed by atoms with E-state index in [9.17, 15) is 26.4 Å². The lowest BCUT2D eigenvalue weighted by Crippen LogP contribution is -2.39. The smallest absolute Gasteiger partial charge is 0.325 e. The third-order valence-electron chi connectivity index (χ3n) is 5.85. The molecule has 0 bridgehead atoms. The number of hydrogen-bond donors (Lipinski definition) is 1. The number of alkyl halides is 3. The van der Waals surface area contributed by atoms with Crippen molar-refractivity contribution in [1.82, 2.24) is 0 Å². The zero-order chi connectivity index (χ0) is 24.8. The van der Waals surface area contributed by atoms with Gasteiger partial charge in [0.05, 0.1) is 45.6 Å². The summed E-state index contributed by atoms with van der Waals surface area (Å²) < 4.78 is 64.4. The number of aryl methyl sites for hydroxylation is 1. The summed E-state index contributed by atoms with van der Waals surface area (Å²) in [6.07, 6.45) is -4.60. The second kappa shape index (κ2) is 9.09. The predicted molar refractivity (Wildman–Crippen MR) is 130 cm³/mol. The quantitative estimate of drug-likeness (QED) is 0.619. The van der Waals surface area contributed by atoms with E-state index in [1.165, 1.54) is 4.90 Å². The maximum atomic E-state index is 13.4. The minimum Gasteiger partial charge on any atom is -0.325 e. The first-order chi connectivity index (χ1) is 15.9. The lowest BCUT2D eigenvalue weighted by atomic mass is 10.1. The van der Waals surface area contributed by atoms with Crippen LogP contribution in [0.3, 0.4) is 0 Å². The number of aliphatic imine (C=N–C) groups is 1. The molecule has 2 aliphatic rings. The van der Waals surface area contributed by atoms with Crippen LogP contribution in [-0.2, 0) is 20.8 Å². The number of nitrogens with zero attached hydrogens (tertiary/aromatic N) is 2. The Bertz CT molecular complexity index is 1280. The molecule has 0 aliphatic carbocycles. The second-order valence-electron chi connectivity index (χ2n) is 8.24. The van der Waals surface area contributed by atoms with Gasteiger partial charge in [0.25, 0.3) is 0 Å². The van der Waals surface area contributed by atoms with Crippen LogP contribution < -0.4 is 10.2 Å². The Kier molecular flexibility index (Phi) is 6.65. The topological polar surface area (TPSA) is 78.8 Å². The largest absolute Gasteiger partial charge is 0.416 e. The van der Waals surface area contributed by atoms with Crippen LogP contribution in [-0.4, -0.2) is 48.8 Å². The molecule has 1 amide bonds. The van der Waals surface area contributed by atoms with E-state index in [4.69, 9.17) is 11.6 Å². The van der Waals surface area contributed by atoms with Crippen LogP contribution >= 0.6 is 23.4 Å². The first-order valence-electron chi connectivity index (χ1n) is 10.3. The van der Waals surface area contributed by atoms with Crippen molar-refractivity contribution >= 4 is 55.6 Å². The number of anilines is 2. The Morgan fingerprint density at radius 1 is 1.24 bits per heavy atom. The highest BCUT2D eigenvalue weighted by Crippen LogP contribution is 2.41. The van der Waals surface area contributed by atoms with Crippen molar-refractivity contribution in [3.05, 3.63) is 58.1 Å². The van der Waals surface area contributed by atoms with Crippen molar-refractivity contribution in [3.8, 4) is 0 Å². The molecule has 1 fully saturated rings. The van der Waals surface area contributed by atoms with E-state index in [0.29, 0.717) is 5.69 Å². The number of amides is 1. The summed E-state index contributed by atoms with van der Waals surface area (Å²) in [6, 6.07) is 7.10.